The van der Waals surface area contributed by atoms with E-state index in [1.54, 1.807) is 18.2 Å². The Kier molecular flexibility index (Phi) is 8.28. The Labute approximate surface area is 221 Å². The molecule has 4 aromatic rings. The summed E-state index contributed by atoms with van der Waals surface area (Å²) < 4.78 is 82.4. The number of hydrogen-bond donors (Lipinski definition) is 0. The number of aromatic nitrogens is 6. The van der Waals surface area contributed by atoms with Gasteiger partial charge >= 0.3 is 6.61 Å². The molecular formula is C24H23F3N6O5S. The first-order valence-corrected chi connectivity index (χ1v) is 13.1. The third kappa shape index (κ3) is 6.25. The van der Waals surface area contributed by atoms with Crippen molar-refractivity contribution in [2.24, 2.45) is 0 Å². The Morgan fingerprint density at radius 1 is 0.974 bits per heavy atom. The molecule has 0 aliphatic carbocycles. The fourth-order valence-corrected chi connectivity index (χ4v) is 4.94. The van der Waals surface area contributed by atoms with Crippen LogP contribution in [0.3, 0.4) is 0 Å². The minimum absolute atomic E-state index is 0.0252. The number of pyridine rings is 1. The lowest BCUT2D eigenvalue weighted by Crippen LogP contribution is -2.24. The summed E-state index contributed by atoms with van der Waals surface area (Å²) in [4.78, 5) is 11.7. The lowest BCUT2D eigenvalue weighted by Gasteiger charge is -2.18. The minimum atomic E-state index is -3.91. The van der Waals surface area contributed by atoms with Crippen LogP contribution in [0, 0.1) is 5.82 Å². The van der Waals surface area contributed by atoms with Crippen LogP contribution < -0.4 is 14.2 Å². The van der Waals surface area contributed by atoms with Gasteiger partial charge in [-0.25, -0.2) is 27.8 Å². The molecular weight excluding hydrogens is 541 g/mol. The van der Waals surface area contributed by atoms with Gasteiger partial charge in [-0.2, -0.15) is 8.78 Å². The molecule has 3 aromatic heterocycles. The molecule has 0 aliphatic heterocycles. The molecule has 206 valence electrons. The van der Waals surface area contributed by atoms with Gasteiger partial charge in [0, 0.05) is 12.5 Å². The Morgan fingerprint density at radius 2 is 1.62 bits per heavy atom. The number of methoxy groups -OCH3 is 2. The molecule has 39 heavy (non-hydrogen) atoms. The number of para-hydroxylation sites is 1. The van der Waals surface area contributed by atoms with Crippen LogP contribution in [0.5, 0.6) is 17.4 Å². The normalized spacial score (nSPS) is 12.4. The van der Waals surface area contributed by atoms with Gasteiger partial charge in [-0.15, -0.1) is 10.2 Å². The first kappa shape index (κ1) is 27.8. The maximum atomic E-state index is 13.4. The van der Waals surface area contributed by atoms with Crippen LogP contribution in [0.25, 0.3) is 17.2 Å². The average Bonchev–Trinajstić information content (AvgIpc) is 3.31. The minimum Gasteiger partial charge on any atom is -0.494 e. The zero-order valence-electron chi connectivity index (χ0n) is 21.0. The number of sulfone groups is 1. The zero-order valence-corrected chi connectivity index (χ0v) is 21.8. The van der Waals surface area contributed by atoms with Gasteiger partial charge in [0.15, 0.2) is 27.3 Å². The highest BCUT2D eigenvalue weighted by atomic mass is 32.2. The van der Waals surface area contributed by atoms with Crippen molar-refractivity contribution in [1.82, 2.24) is 29.7 Å². The number of halogens is 3. The van der Waals surface area contributed by atoms with Gasteiger partial charge in [0.2, 0.25) is 5.88 Å². The van der Waals surface area contributed by atoms with Crippen LogP contribution in [0.1, 0.15) is 18.6 Å². The van der Waals surface area contributed by atoms with Crippen molar-refractivity contribution in [2.75, 3.05) is 14.2 Å². The van der Waals surface area contributed by atoms with Crippen molar-refractivity contribution in [3.63, 3.8) is 0 Å². The average molecular weight is 565 g/mol. The number of rotatable bonds is 11. The number of nitrogens with zero attached hydrogens (tertiary/aromatic N) is 6. The van der Waals surface area contributed by atoms with Crippen molar-refractivity contribution >= 4 is 9.84 Å². The van der Waals surface area contributed by atoms with E-state index in [4.69, 9.17) is 9.47 Å². The van der Waals surface area contributed by atoms with E-state index in [1.807, 2.05) is 0 Å². The molecule has 3 heterocycles. The third-order valence-corrected chi connectivity index (χ3v) is 7.66. The molecule has 0 N–H and O–H groups in total. The van der Waals surface area contributed by atoms with Gasteiger partial charge in [-0.3, -0.25) is 4.57 Å². The van der Waals surface area contributed by atoms with Crippen LogP contribution in [0.15, 0.2) is 48.8 Å². The molecule has 15 heteroatoms. The predicted octanol–water partition coefficient (Wildman–Crippen LogP) is 3.42. The molecule has 1 atom stereocenters. The molecule has 1 aromatic carbocycles. The van der Waals surface area contributed by atoms with E-state index < -0.39 is 33.3 Å². The number of ether oxygens (including phenoxy) is 3. The van der Waals surface area contributed by atoms with E-state index >= 15 is 0 Å². The quantitative estimate of drug-likeness (QED) is 0.267. The van der Waals surface area contributed by atoms with Crippen molar-refractivity contribution < 1.29 is 35.8 Å². The van der Waals surface area contributed by atoms with Gasteiger partial charge in [0.25, 0.3) is 0 Å². The van der Waals surface area contributed by atoms with Crippen LogP contribution in [0.4, 0.5) is 13.2 Å². The summed E-state index contributed by atoms with van der Waals surface area (Å²) in [5.74, 6) is -0.858. The highest BCUT2D eigenvalue weighted by Gasteiger charge is 2.29. The summed E-state index contributed by atoms with van der Waals surface area (Å²) in [5, 5.41) is 7.27. The van der Waals surface area contributed by atoms with Gasteiger partial charge in [-0.1, -0.05) is 12.1 Å². The summed E-state index contributed by atoms with van der Waals surface area (Å²) in [6, 6.07) is 9.07. The molecule has 11 nitrogen and oxygen atoms in total. The van der Waals surface area contributed by atoms with Crippen molar-refractivity contribution in [2.45, 2.75) is 31.0 Å². The molecule has 0 saturated carbocycles. The maximum Gasteiger partial charge on any atom is 0.388 e. The highest BCUT2D eigenvalue weighted by Crippen LogP contribution is 2.36. The second-order valence-electron chi connectivity index (χ2n) is 8.17. The molecule has 0 radical (unpaired) electrons. The number of benzene rings is 1. The fraction of sp³-hybridized carbons (Fsp3) is 0.292. The van der Waals surface area contributed by atoms with E-state index in [-0.39, 0.29) is 41.2 Å². The van der Waals surface area contributed by atoms with Gasteiger partial charge in [0.05, 0.1) is 31.9 Å². The smallest absolute Gasteiger partial charge is 0.388 e. The Bertz CT molecular complexity index is 1530. The summed E-state index contributed by atoms with van der Waals surface area (Å²) in [5.41, 5.74) is 0.342. The maximum absolute atomic E-state index is 13.4. The largest absolute Gasteiger partial charge is 0.494 e. The summed E-state index contributed by atoms with van der Waals surface area (Å²) in [6.45, 7) is -1.63. The molecule has 0 aliphatic rings. The van der Waals surface area contributed by atoms with Crippen LogP contribution in [-0.2, 0) is 22.0 Å². The van der Waals surface area contributed by atoms with Gasteiger partial charge in [0.1, 0.15) is 34.5 Å². The lowest BCUT2D eigenvalue weighted by atomic mass is 10.2. The van der Waals surface area contributed by atoms with Gasteiger partial charge < -0.3 is 14.2 Å². The summed E-state index contributed by atoms with van der Waals surface area (Å²) in [7, 11) is -1.08. The number of hydrogen-bond acceptors (Lipinski definition) is 10. The first-order valence-electron chi connectivity index (χ1n) is 11.4. The number of alkyl halides is 2. The van der Waals surface area contributed by atoms with E-state index in [0.29, 0.717) is 11.5 Å². The first-order chi connectivity index (χ1) is 18.6. The van der Waals surface area contributed by atoms with E-state index in [1.165, 1.54) is 43.9 Å². The zero-order chi connectivity index (χ0) is 28.2. The van der Waals surface area contributed by atoms with Crippen molar-refractivity contribution in [3.8, 4) is 34.6 Å². The SMILES string of the molecule is COc1cccc(OC)c1-n1c(CS(=O)(=O)[C@@H](C)Cc2ncc(F)cn2)nnc1-c1cccc(OC(F)F)n1. The van der Waals surface area contributed by atoms with Crippen LogP contribution in [0.2, 0.25) is 0 Å². The van der Waals surface area contributed by atoms with Crippen LogP contribution in [-0.4, -0.2) is 64.2 Å². The van der Waals surface area contributed by atoms with Crippen molar-refractivity contribution in [1.29, 1.82) is 0 Å². The second kappa shape index (κ2) is 11.6. The Balaban J connectivity index is 1.81. The molecule has 0 bridgehead atoms. The Morgan fingerprint density at radius 3 is 2.23 bits per heavy atom. The van der Waals surface area contributed by atoms with Crippen LogP contribution >= 0.6 is 0 Å². The fourth-order valence-electron chi connectivity index (χ4n) is 3.71. The highest BCUT2D eigenvalue weighted by molar-refractivity contribution is 7.91. The Hall–Kier alpha value is -4.27. The molecule has 0 saturated heterocycles. The standard InChI is InChI=1S/C24H23F3N6O5S/c1-14(10-19-28-11-15(25)12-29-19)39(34,35)13-20-31-32-23(16-6-4-9-21(30-16)38-24(26)27)33(20)22-17(36-2)7-5-8-18(22)37-3/h4-9,11-12,14,24H,10,13H2,1-3H3/t14-/m0/s1. The molecule has 0 amide bonds. The summed E-state index contributed by atoms with van der Waals surface area (Å²) >= 11 is 0. The molecule has 4 rings (SSSR count). The van der Waals surface area contributed by atoms with E-state index in [9.17, 15) is 21.6 Å². The predicted molar refractivity (Wildman–Crippen MR) is 132 cm³/mol. The lowest BCUT2D eigenvalue weighted by molar-refractivity contribution is -0.0527. The third-order valence-electron chi connectivity index (χ3n) is 5.61. The monoisotopic (exact) mass is 564 g/mol. The summed E-state index contributed by atoms with van der Waals surface area (Å²) in [6.07, 6.45) is 1.84. The second-order valence-corrected chi connectivity index (χ2v) is 10.6. The molecule has 0 spiro atoms. The molecule has 0 unspecified atom stereocenters. The topological polar surface area (TPSA) is 131 Å². The van der Waals surface area contributed by atoms with E-state index in [0.717, 1.165) is 12.4 Å². The van der Waals surface area contributed by atoms with Gasteiger partial charge in [-0.05, 0) is 25.1 Å². The van der Waals surface area contributed by atoms with E-state index in [2.05, 4.69) is 29.9 Å². The molecule has 0 fully saturated rings. The van der Waals surface area contributed by atoms with Crippen molar-refractivity contribution in [3.05, 3.63) is 66.3 Å².